The van der Waals surface area contributed by atoms with Gasteiger partial charge in [0, 0.05) is 23.5 Å². The zero-order valence-corrected chi connectivity index (χ0v) is 25.1. The summed E-state index contributed by atoms with van der Waals surface area (Å²) >= 11 is 6.36. The number of anilines is 1. The summed E-state index contributed by atoms with van der Waals surface area (Å²) in [6.07, 6.45) is 15.1. The van der Waals surface area contributed by atoms with E-state index in [4.69, 9.17) is 21.5 Å². The fourth-order valence-corrected chi connectivity index (χ4v) is 7.88. The third-order valence-electron chi connectivity index (χ3n) is 9.66. The lowest BCUT2D eigenvalue weighted by Gasteiger charge is -2.43. The van der Waals surface area contributed by atoms with Gasteiger partial charge in [0.1, 0.15) is 5.75 Å². The van der Waals surface area contributed by atoms with Crippen LogP contribution in [-0.4, -0.2) is 55.7 Å². The summed E-state index contributed by atoms with van der Waals surface area (Å²) in [5, 5.41) is 26.2. The molecule has 0 spiro atoms. The predicted octanol–water partition coefficient (Wildman–Crippen LogP) is 5.08. The van der Waals surface area contributed by atoms with Crippen molar-refractivity contribution in [3.8, 4) is 5.75 Å². The first-order valence-corrected chi connectivity index (χ1v) is 16.6. The summed E-state index contributed by atoms with van der Waals surface area (Å²) in [5.41, 5.74) is 0.773. The number of aromatic carboxylic acids is 1. The Morgan fingerprint density at radius 3 is 2.73 bits per heavy atom. The molecular formula is C31H41ClN2O6S. The number of hydrogen-bond donors (Lipinski definition) is 3. The number of ether oxygens (including phenoxy) is 1. The van der Waals surface area contributed by atoms with Crippen molar-refractivity contribution in [1.82, 2.24) is 0 Å². The number of nitrogens with zero attached hydrogens (tertiary/aromatic N) is 1. The lowest BCUT2D eigenvalue weighted by atomic mass is 9.70. The van der Waals surface area contributed by atoms with E-state index >= 15 is 0 Å². The maximum absolute atomic E-state index is 11.9. The van der Waals surface area contributed by atoms with E-state index in [0.29, 0.717) is 31.7 Å². The molecule has 0 bridgehead atoms. The van der Waals surface area contributed by atoms with Gasteiger partial charge in [-0.15, -0.1) is 0 Å². The molecule has 5 atom stereocenters. The standard InChI is InChI=1S/C31H41ClN2O6S/c1-31-12-11-24(32)17-23(31)4-2-3-13-34(27-16-21(30(36)37)7-10-29(27)40-19-31)18-22-6-8-26(22)28(35)9-5-20-14-25(15-20)41(33,38)39/h5,7,9-12,16-17,20,22-23,25-26,28,35H,2-4,6,8,13-15,18-19H2,1H3,(H,36,37)(H2,33,38,39)/b9-5+/t20?,22-,23?,25?,26+,28-,31?/m0/s1. The van der Waals surface area contributed by atoms with Crippen LogP contribution in [0.1, 0.15) is 62.2 Å². The monoisotopic (exact) mass is 604 g/mol. The molecule has 1 heterocycles. The normalized spacial score (nSPS) is 32.8. The SMILES string of the molecule is CC12C=CC(Cl)=CC1CCCCN(C[C@@H]1CC[C@H]1[C@@H](O)/C=C/C1CC(S(N)(=O)=O)C1)c1cc(C(=O)O)ccc1OC2. The molecule has 4 N–H and O–H groups in total. The van der Waals surface area contributed by atoms with Gasteiger partial charge in [-0.05, 0) is 86.5 Å². The molecule has 3 aliphatic carbocycles. The van der Waals surface area contributed by atoms with E-state index in [1.54, 1.807) is 18.2 Å². The van der Waals surface area contributed by atoms with Gasteiger partial charge in [0.05, 0.1) is 29.2 Å². The van der Waals surface area contributed by atoms with Gasteiger partial charge in [-0.25, -0.2) is 18.4 Å². The van der Waals surface area contributed by atoms with Crippen molar-refractivity contribution >= 4 is 33.3 Å². The van der Waals surface area contributed by atoms with Gasteiger partial charge in [-0.2, -0.15) is 0 Å². The number of hydrogen-bond acceptors (Lipinski definition) is 6. The quantitative estimate of drug-likeness (QED) is 0.370. The molecular weight excluding hydrogens is 564 g/mol. The lowest BCUT2D eigenvalue weighted by Crippen LogP contribution is -2.43. The number of carbonyl (C=O) groups is 1. The van der Waals surface area contributed by atoms with Crippen LogP contribution in [0.4, 0.5) is 5.69 Å². The second kappa shape index (κ2) is 12.1. The minimum atomic E-state index is -3.49. The first kappa shape index (κ1) is 30.1. The molecule has 224 valence electrons. The summed E-state index contributed by atoms with van der Waals surface area (Å²) in [5.74, 6) is 0.390. The Labute approximate surface area is 247 Å². The number of aliphatic hydroxyl groups excluding tert-OH is 1. The zero-order valence-electron chi connectivity index (χ0n) is 23.5. The highest BCUT2D eigenvalue weighted by atomic mass is 35.5. The summed E-state index contributed by atoms with van der Waals surface area (Å²) in [7, 11) is -3.49. The number of benzene rings is 1. The molecule has 1 aromatic rings. The second-order valence-electron chi connectivity index (χ2n) is 12.5. The van der Waals surface area contributed by atoms with Crippen LogP contribution in [0.3, 0.4) is 0 Å². The Balaban J connectivity index is 1.32. The highest BCUT2D eigenvalue weighted by molar-refractivity contribution is 7.89. The van der Waals surface area contributed by atoms with Gasteiger partial charge in [0.25, 0.3) is 0 Å². The van der Waals surface area contributed by atoms with Gasteiger partial charge in [-0.3, -0.25) is 0 Å². The van der Waals surface area contributed by atoms with Crippen molar-refractivity contribution in [3.63, 3.8) is 0 Å². The molecule has 0 radical (unpaired) electrons. The molecule has 0 aromatic heterocycles. The Hall–Kier alpha value is -2.33. The molecule has 0 saturated heterocycles. The van der Waals surface area contributed by atoms with Crippen LogP contribution in [0, 0.1) is 29.1 Å². The van der Waals surface area contributed by atoms with Crippen LogP contribution >= 0.6 is 11.6 Å². The number of fused-ring (bicyclic) bond motifs is 2. The van der Waals surface area contributed by atoms with Crippen LogP contribution in [0.5, 0.6) is 5.75 Å². The van der Waals surface area contributed by atoms with E-state index in [0.717, 1.165) is 49.4 Å². The third-order valence-corrected chi connectivity index (χ3v) is 11.2. The van der Waals surface area contributed by atoms with Crippen molar-refractivity contribution in [2.75, 3.05) is 24.6 Å². The van der Waals surface area contributed by atoms with Crippen molar-refractivity contribution < 1.29 is 28.2 Å². The van der Waals surface area contributed by atoms with Gasteiger partial charge < -0.3 is 19.8 Å². The highest BCUT2D eigenvalue weighted by Crippen LogP contribution is 2.44. The Kier molecular flexibility index (Phi) is 8.90. The lowest BCUT2D eigenvalue weighted by molar-refractivity contribution is 0.0458. The maximum atomic E-state index is 11.9. The minimum absolute atomic E-state index is 0.0877. The largest absolute Gasteiger partial charge is 0.490 e. The Bertz CT molecular complexity index is 1340. The topological polar surface area (TPSA) is 130 Å². The first-order chi connectivity index (χ1) is 19.4. The molecule has 4 aliphatic rings. The number of primary sulfonamides is 1. The summed E-state index contributed by atoms with van der Waals surface area (Å²) < 4.78 is 29.4. The summed E-state index contributed by atoms with van der Waals surface area (Å²) in [6.45, 7) is 4.08. The average molecular weight is 605 g/mol. The van der Waals surface area contributed by atoms with E-state index in [1.807, 2.05) is 18.2 Å². The molecule has 41 heavy (non-hydrogen) atoms. The van der Waals surface area contributed by atoms with Crippen LogP contribution < -0.4 is 14.8 Å². The van der Waals surface area contributed by atoms with E-state index in [2.05, 4.69) is 24.0 Å². The number of sulfonamides is 1. The number of allylic oxidation sites excluding steroid dienone is 4. The van der Waals surface area contributed by atoms with E-state index in [-0.39, 0.29) is 34.7 Å². The molecule has 2 fully saturated rings. The predicted molar refractivity (Wildman–Crippen MR) is 161 cm³/mol. The number of carboxylic acid groups (broad SMARTS) is 1. The van der Waals surface area contributed by atoms with E-state index in [9.17, 15) is 23.4 Å². The molecule has 1 aliphatic heterocycles. The van der Waals surface area contributed by atoms with E-state index in [1.165, 1.54) is 0 Å². The molecule has 5 rings (SSSR count). The molecule has 10 heteroatoms. The zero-order chi connectivity index (χ0) is 29.4. The van der Waals surface area contributed by atoms with Gasteiger partial charge >= 0.3 is 5.97 Å². The number of halogens is 1. The number of nitrogens with two attached hydrogens (primary N) is 1. The Morgan fingerprint density at radius 1 is 1.27 bits per heavy atom. The molecule has 2 saturated carbocycles. The fraction of sp³-hybridized carbons (Fsp3) is 0.581. The van der Waals surface area contributed by atoms with Gasteiger partial charge in [-0.1, -0.05) is 49.2 Å². The molecule has 2 unspecified atom stereocenters. The van der Waals surface area contributed by atoms with Crippen molar-refractivity contribution in [3.05, 3.63) is 59.2 Å². The average Bonchev–Trinajstić information content (AvgIpc) is 2.88. The van der Waals surface area contributed by atoms with Crippen molar-refractivity contribution in [2.45, 2.75) is 63.2 Å². The number of rotatable bonds is 7. The van der Waals surface area contributed by atoms with Gasteiger partial charge in [0.15, 0.2) is 0 Å². The molecule has 1 aromatic carbocycles. The maximum Gasteiger partial charge on any atom is 0.335 e. The van der Waals surface area contributed by atoms with Crippen molar-refractivity contribution in [1.29, 1.82) is 0 Å². The van der Waals surface area contributed by atoms with Crippen molar-refractivity contribution in [2.24, 2.45) is 34.2 Å². The first-order valence-electron chi connectivity index (χ1n) is 14.6. The molecule has 8 nitrogen and oxygen atoms in total. The van der Waals surface area contributed by atoms with Crippen LogP contribution in [0.15, 0.2) is 53.6 Å². The number of aliphatic hydroxyl groups is 1. The van der Waals surface area contributed by atoms with Crippen LogP contribution in [0.25, 0.3) is 0 Å². The van der Waals surface area contributed by atoms with E-state index < -0.39 is 27.3 Å². The highest BCUT2D eigenvalue weighted by Gasteiger charge is 2.39. The summed E-state index contributed by atoms with van der Waals surface area (Å²) in [6, 6.07) is 5.07. The third kappa shape index (κ3) is 6.85. The van der Waals surface area contributed by atoms with Crippen LogP contribution in [-0.2, 0) is 10.0 Å². The number of carboxylic acids is 1. The smallest absolute Gasteiger partial charge is 0.335 e. The fourth-order valence-electron chi connectivity index (χ4n) is 6.63. The minimum Gasteiger partial charge on any atom is -0.490 e. The van der Waals surface area contributed by atoms with Crippen LogP contribution in [0.2, 0.25) is 0 Å². The molecule has 0 amide bonds. The summed E-state index contributed by atoms with van der Waals surface area (Å²) in [4.78, 5) is 14.1. The van der Waals surface area contributed by atoms with Gasteiger partial charge in [0.2, 0.25) is 10.0 Å². The second-order valence-corrected chi connectivity index (χ2v) is 14.8. The Morgan fingerprint density at radius 2 is 2.05 bits per heavy atom.